The SMILES string of the molecule is CCOCCOC(OCCOCC)OCCOCC. The normalized spacial score (nSPS) is 11.4. The summed E-state index contributed by atoms with van der Waals surface area (Å²) in [4.78, 5) is 0. The van der Waals surface area contributed by atoms with Crippen molar-refractivity contribution in [2.75, 3.05) is 59.5 Å². The fourth-order valence-corrected chi connectivity index (χ4v) is 1.19. The van der Waals surface area contributed by atoms with Crippen LogP contribution in [0.4, 0.5) is 0 Å². The maximum atomic E-state index is 5.42. The Morgan fingerprint density at radius 3 is 1.11 bits per heavy atom. The molecule has 6 heteroatoms. The van der Waals surface area contributed by atoms with E-state index in [4.69, 9.17) is 28.4 Å². The number of hydrogen-bond acceptors (Lipinski definition) is 6. The lowest BCUT2D eigenvalue weighted by atomic mass is 10.7. The van der Waals surface area contributed by atoms with Crippen molar-refractivity contribution in [1.29, 1.82) is 0 Å². The Bertz CT molecular complexity index is 139. The molecule has 0 atom stereocenters. The topological polar surface area (TPSA) is 55.4 Å². The van der Waals surface area contributed by atoms with Gasteiger partial charge >= 0.3 is 0 Å². The third-order valence-electron chi connectivity index (χ3n) is 2.06. The summed E-state index contributed by atoms with van der Waals surface area (Å²) in [5.74, 6) is 0. The fraction of sp³-hybridized carbons (Fsp3) is 1.00. The van der Waals surface area contributed by atoms with Gasteiger partial charge in [0, 0.05) is 19.8 Å². The van der Waals surface area contributed by atoms with E-state index >= 15 is 0 Å². The second kappa shape index (κ2) is 15.8. The summed E-state index contributed by atoms with van der Waals surface area (Å²) in [7, 11) is 0. The minimum atomic E-state index is -0.693. The lowest BCUT2D eigenvalue weighted by Crippen LogP contribution is -2.26. The molecule has 0 saturated carbocycles. The average molecular weight is 280 g/mol. The van der Waals surface area contributed by atoms with Gasteiger partial charge < -0.3 is 28.4 Å². The summed E-state index contributed by atoms with van der Waals surface area (Å²) < 4.78 is 31.8. The van der Waals surface area contributed by atoms with E-state index < -0.39 is 6.48 Å². The molecule has 0 heterocycles. The van der Waals surface area contributed by atoms with E-state index in [1.54, 1.807) is 0 Å². The molecule has 0 spiro atoms. The van der Waals surface area contributed by atoms with Crippen molar-refractivity contribution in [1.82, 2.24) is 0 Å². The smallest absolute Gasteiger partial charge is 0.271 e. The van der Waals surface area contributed by atoms with Crippen LogP contribution >= 0.6 is 0 Å². The number of hydrogen-bond donors (Lipinski definition) is 0. The standard InChI is InChI=1S/C13H28O6/c1-4-14-7-10-17-13(18-11-8-15-5-2)19-12-9-16-6-3/h13H,4-12H2,1-3H3. The Kier molecular flexibility index (Phi) is 15.6. The zero-order valence-corrected chi connectivity index (χ0v) is 12.4. The molecule has 0 bridgehead atoms. The Balaban J connectivity index is 3.66. The van der Waals surface area contributed by atoms with Crippen molar-refractivity contribution in [2.45, 2.75) is 27.2 Å². The van der Waals surface area contributed by atoms with Gasteiger partial charge in [-0.15, -0.1) is 0 Å². The predicted molar refractivity (Wildman–Crippen MR) is 71.1 cm³/mol. The second-order valence-electron chi connectivity index (χ2n) is 3.49. The molecule has 0 radical (unpaired) electrons. The molecule has 0 aromatic rings. The Hall–Kier alpha value is -0.240. The van der Waals surface area contributed by atoms with Crippen LogP contribution in [-0.4, -0.2) is 65.9 Å². The van der Waals surface area contributed by atoms with Crippen molar-refractivity contribution in [2.24, 2.45) is 0 Å². The first-order valence-electron chi connectivity index (χ1n) is 6.93. The van der Waals surface area contributed by atoms with Gasteiger partial charge in [-0.1, -0.05) is 0 Å². The number of rotatable bonds is 15. The summed E-state index contributed by atoms with van der Waals surface area (Å²) in [6.07, 6.45) is 0. The fourth-order valence-electron chi connectivity index (χ4n) is 1.19. The van der Waals surface area contributed by atoms with Crippen LogP contribution in [0, 0.1) is 0 Å². The number of ether oxygens (including phenoxy) is 6. The maximum Gasteiger partial charge on any atom is 0.271 e. The minimum absolute atomic E-state index is 0.432. The summed E-state index contributed by atoms with van der Waals surface area (Å²) in [5, 5.41) is 0. The molecule has 0 aliphatic rings. The first kappa shape index (κ1) is 18.8. The van der Waals surface area contributed by atoms with Gasteiger partial charge in [0.1, 0.15) is 0 Å². The molecular formula is C13H28O6. The van der Waals surface area contributed by atoms with Gasteiger partial charge in [0.15, 0.2) is 0 Å². The molecule has 6 nitrogen and oxygen atoms in total. The Morgan fingerprint density at radius 2 is 0.842 bits per heavy atom. The zero-order chi connectivity index (χ0) is 14.2. The van der Waals surface area contributed by atoms with E-state index in [-0.39, 0.29) is 0 Å². The molecule has 0 aliphatic heterocycles. The van der Waals surface area contributed by atoms with Crippen LogP contribution in [0.25, 0.3) is 0 Å². The van der Waals surface area contributed by atoms with Gasteiger partial charge in [0.2, 0.25) is 0 Å². The molecule has 0 amide bonds. The molecular weight excluding hydrogens is 252 g/mol. The maximum absolute atomic E-state index is 5.42. The van der Waals surface area contributed by atoms with Crippen molar-refractivity contribution in [3.63, 3.8) is 0 Å². The van der Waals surface area contributed by atoms with Crippen LogP contribution < -0.4 is 0 Å². The van der Waals surface area contributed by atoms with E-state index in [1.165, 1.54) is 0 Å². The van der Waals surface area contributed by atoms with Gasteiger partial charge in [-0.05, 0) is 20.8 Å². The van der Waals surface area contributed by atoms with E-state index in [9.17, 15) is 0 Å². The summed E-state index contributed by atoms with van der Waals surface area (Å²) in [6, 6.07) is 0. The van der Waals surface area contributed by atoms with Crippen LogP contribution in [0.15, 0.2) is 0 Å². The molecule has 0 rings (SSSR count). The largest absolute Gasteiger partial charge is 0.379 e. The summed E-state index contributed by atoms with van der Waals surface area (Å²) in [5.41, 5.74) is 0. The van der Waals surface area contributed by atoms with Gasteiger partial charge in [-0.2, -0.15) is 0 Å². The van der Waals surface area contributed by atoms with Crippen molar-refractivity contribution in [3.8, 4) is 0 Å². The van der Waals surface area contributed by atoms with E-state index in [2.05, 4.69) is 0 Å². The van der Waals surface area contributed by atoms with E-state index in [0.717, 1.165) is 0 Å². The van der Waals surface area contributed by atoms with Crippen molar-refractivity contribution in [3.05, 3.63) is 0 Å². The second-order valence-corrected chi connectivity index (χ2v) is 3.49. The third-order valence-corrected chi connectivity index (χ3v) is 2.06. The van der Waals surface area contributed by atoms with Gasteiger partial charge in [0.25, 0.3) is 6.48 Å². The zero-order valence-electron chi connectivity index (χ0n) is 12.4. The summed E-state index contributed by atoms with van der Waals surface area (Å²) in [6.45, 7) is 10.0. The predicted octanol–water partition coefficient (Wildman–Crippen LogP) is 1.43. The molecule has 0 aromatic carbocycles. The van der Waals surface area contributed by atoms with Crippen LogP contribution in [0.5, 0.6) is 0 Å². The Labute approximate surface area is 116 Å². The van der Waals surface area contributed by atoms with Gasteiger partial charge in [-0.25, -0.2) is 0 Å². The highest BCUT2D eigenvalue weighted by Gasteiger charge is 2.09. The molecule has 0 saturated heterocycles. The van der Waals surface area contributed by atoms with Crippen molar-refractivity contribution >= 4 is 0 Å². The van der Waals surface area contributed by atoms with Crippen molar-refractivity contribution < 1.29 is 28.4 Å². The lowest BCUT2D eigenvalue weighted by Gasteiger charge is -2.18. The van der Waals surface area contributed by atoms with Crippen LogP contribution in [0.2, 0.25) is 0 Å². The third kappa shape index (κ3) is 14.0. The highest BCUT2D eigenvalue weighted by atomic mass is 16.8. The average Bonchev–Trinajstić information content (AvgIpc) is 2.43. The molecule has 0 fully saturated rings. The van der Waals surface area contributed by atoms with E-state index in [1.807, 2.05) is 20.8 Å². The molecule has 0 aliphatic carbocycles. The quantitative estimate of drug-likeness (QED) is 0.334. The van der Waals surface area contributed by atoms with Crippen LogP contribution in [0.1, 0.15) is 20.8 Å². The molecule has 0 aromatic heterocycles. The molecule has 0 unspecified atom stereocenters. The van der Waals surface area contributed by atoms with Crippen LogP contribution in [-0.2, 0) is 28.4 Å². The van der Waals surface area contributed by atoms with Gasteiger partial charge in [-0.3, -0.25) is 0 Å². The first-order chi connectivity index (χ1) is 9.35. The Morgan fingerprint density at radius 1 is 0.526 bits per heavy atom. The minimum Gasteiger partial charge on any atom is -0.379 e. The van der Waals surface area contributed by atoms with Gasteiger partial charge in [0.05, 0.1) is 39.6 Å². The molecule has 0 N–H and O–H groups in total. The molecule has 116 valence electrons. The highest BCUT2D eigenvalue weighted by Crippen LogP contribution is 1.98. The lowest BCUT2D eigenvalue weighted by molar-refractivity contribution is -0.295. The highest BCUT2D eigenvalue weighted by molar-refractivity contribution is 4.35. The molecule has 19 heavy (non-hydrogen) atoms. The van der Waals surface area contributed by atoms with E-state index in [0.29, 0.717) is 59.5 Å². The first-order valence-corrected chi connectivity index (χ1v) is 6.93. The monoisotopic (exact) mass is 280 g/mol. The summed E-state index contributed by atoms with van der Waals surface area (Å²) >= 11 is 0. The van der Waals surface area contributed by atoms with Crippen LogP contribution in [0.3, 0.4) is 0 Å².